The fourth-order valence-corrected chi connectivity index (χ4v) is 4.19. The fourth-order valence-electron chi connectivity index (χ4n) is 1.98. The lowest BCUT2D eigenvalue weighted by molar-refractivity contribution is 0.848. The first-order valence-electron chi connectivity index (χ1n) is 5.95. The van der Waals surface area contributed by atoms with Crippen molar-refractivity contribution in [1.82, 2.24) is 9.78 Å². The van der Waals surface area contributed by atoms with Crippen LogP contribution in [0.1, 0.15) is 16.3 Å². The van der Waals surface area contributed by atoms with Gasteiger partial charge in [-0.15, -0.1) is 22.7 Å². The zero-order chi connectivity index (χ0) is 13.6. The van der Waals surface area contributed by atoms with Gasteiger partial charge in [0.1, 0.15) is 5.00 Å². The lowest BCUT2D eigenvalue weighted by atomic mass is 10.4. The third-order valence-electron chi connectivity index (χ3n) is 2.99. The smallest absolute Gasteiger partial charge is 0.118 e. The minimum Gasteiger partial charge on any atom is -0.227 e. The van der Waals surface area contributed by atoms with Gasteiger partial charge in [0.25, 0.3) is 0 Å². The van der Waals surface area contributed by atoms with Crippen LogP contribution in [0, 0.1) is 20.8 Å². The Hall–Kier alpha value is -0.910. The van der Waals surface area contributed by atoms with Crippen LogP contribution in [0.3, 0.4) is 0 Å². The van der Waals surface area contributed by atoms with Crippen molar-refractivity contribution in [1.29, 1.82) is 0 Å². The number of hydrogen-bond acceptors (Lipinski definition) is 3. The quantitative estimate of drug-likeness (QED) is 0.607. The molecule has 0 N–H and O–H groups in total. The van der Waals surface area contributed by atoms with Crippen LogP contribution in [0.2, 0.25) is 0 Å². The van der Waals surface area contributed by atoms with Gasteiger partial charge in [-0.2, -0.15) is 5.10 Å². The predicted octanol–water partition coefficient (Wildman–Crippen LogP) is 5.35. The summed E-state index contributed by atoms with van der Waals surface area (Å²) in [6.45, 7) is 6.24. The Labute approximate surface area is 128 Å². The van der Waals surface area contributed by atoms with E-state index in [1.807, 2.05) is 22.9 Å². The zero-order valence-corrected chi connectivity index (χ0v) is 14.1. The molecule has 98 valence electrons. The number of rotatable bonds is 2. The molecular weight excluding hydrogens is 340 g/mol. The van der Waals surface area contributed by atoms with Crippen molar-refractivity contribution < 1.29 is 0 Å². The van der Waals surface area contributed by atoms with Gasteiger partial charge in [-0.25, -0.2) is 4.68 Å². The first kappa shape index (κ1) is 13.1. The maximum Gasteiger partial charge on any atom is 0.118 e. The number of halogens is 1. The van der Waals surface area contributed by atoms with Crippen LogP contribution in [0.25, 0.3) is 14.8 Å². The molecule has 0 aromatic carbocycles. The average molecular weight is 353 g/mol. The molecule has 0 unspecified atom stereocenters. The molecule has 0 aliphatic carbocycles. The monoisotopic (exact) mass is 352 g/mol. The number of aromatic nitrogens is 2. The van der Waals surface area contributed by atoms with Crippen LogP contribution in [-0.2, 0) is 0 Å². The molecule has 5 heteroatoms. The highest BCUT2D eigenvalue weighted by Gasteiger charge is 2.13. The van der Waals surface area contributed by atoms with E-state index >= 15 is 0 Å². The van der Waals surface area contributed by atoms with Gasteiger partial charge in [0, 0.05) is 14.6 Å². The van der Waals surface area contributed by atoms with Gasteiger partial charge in [-0.3, -0.25) is 0 Å². The minimum atomic E-state index is 1.03. The maximum atomic E-state index is 4.58. The summed E-state index contributed by atoms with van der Waals surface area (Å²) >= 11 is 7.19. The van der Waals surface area contributed by atoms with Crippen LogP contribution in [0.15, 0.2) is 28.7 Å². The van der Waals surface area contributed by atoms with Crippen LogP contribution in [-0.4, -0.2) is 9.78 Å². The van der Waals surface area contributed by atoms with Crippen LogP contribution < -0.4 is 0 Å². The van der Waals surface area contributed by atoms with E-state index in [1.54, 1.807) is 11.3 Å². The maximum absolute atomic E-state index is 4.58. The van der Waals surface area contributed by atoms with Crippen LogP contribution >= 0.6 is 38.6 Å². The molecule has 0 saturated carbocycles. The molecule has 3 aromatic heterocycles. The number of hydrogen-bond donors (Lipinski definition) is 0. The Balaban J connectivity index is 2.03. The summed E-state index contributed by atoms with van der Waals surface area (Å²) in [6, 6.07) is 8.67. The summed E-state index contributed by atoms with van der Waals surface area (Å²) in [7, 11) is 0. The predicted molar refractivity (Wildman–Crippen MR) is 86.7 cm³/mol. The molecule has 0 fully saturated rings. The third-order valence-corrected chi connectivity index (χ3v) is 6.39. The van der Waals surface area contributed by atoms with E-state index in [4.69, 9.17) is 0 Å². The SMILES string of the molecule is Cc1ccc(-c2ccc(-n3nc(C)c(Br)c3C)s2)s1. The van der Waals surface area contributed by atoms with E-state index in [0.717, 1.165) is 20.9 Å². The highest BCUT2D eigenvalue weighted by molar-refractivity contribution is 9.10. The van der Waals surface area contributed by atoms with Gasteiger partial charge >= 0.3 is 0 Å². The molecule has 0 aliphatic heterocycles. The largest absolute Gasteiger partial charge is 0.227 e. The summed E-state index contributed by atoms with van der Waals surface area (Å²) in [6.07, 6.45) is 0. The van der Waals surface area contributed by atoms with Crippen molar-refractivity contribution in [2.75, 3.05) is 0 Å². The standard InChI is InChI=1S/C14H13BrN2S2/c1-8-4-5-11(18-8)12-6-7-13(19-12)17-10(3)14(15)9(2)16-17/h4-7H,1-3H3. The summed E-state index contributed by atoms with van der Waals surface area (Å²) in [5.41, 5.74) is 2.17. The molecule has 0 amide bonds. The van der Waals surface area contributed by atoms with Crippen LogP contribution in [0.5, 0.6) is 0 Å². The number of thiophene rings is 2. The molecule has 2 nitrogen and oxygen atoms in total. The zero-order valence-electron chi connectivity index (χ0n) is 10.9. The molecule has 19 heavy (non-hydrogen) atoms. The molecule has 3 heterocycles. The average Bonchev–Trinajstić information content (AvgIpc) is 3.06. The molecule has 3 rings (SSSR count). The van der Waals surface area contributed by atoms with E-state index in [1.165, 1.54) is 14.6 Å². The summed E-state index contributed by atoms with van der Waals surface area (Å²) in [4.78, 5) is 3.98. The van der Waals surface area contributed by atoms with Gasteiger partial charge in [0.15, 0.2) is 0 Å². The minimum absolute atomic E-state index is 1.03. The van der Waals surface area contributed by atoms with E-state index in [9.17, 15) is 0 Å². The van der Waals surface area contributed by atoms with Gasteiger partial charge in [-0.05, 0) is 61.0 Å². The van der Waals surface area contributed by atoms with Gasteiger partial charge in [-0.1, -0.05) is 0 Å². The van der Waals surface area contributed by atoms with Crippen molar-refractivity contribution in [2.24, 2.45) is 0 Å². The molecule has 3 aromatic rings. The molecule has 0 radical (unpaired) electrons. The molecule has 0 bridgehead atoms. The van der Waals surface area contributed by atoms with Crippen LogP contribution in [0.4, 0.5) is 0 Å². The Morgan fingerprint density at radius 2 is 1.68 bits per heavy atom. The first-order chi connectivity index (χ1) is 9.06. The highest BCUT2D eigenvalue weighted by atomic mass is 79.9. The Bertz CT molecular complexity index is 737. The molecule has 0 spiro atoms. The van der Waals surface area contributed by atoms with Crippen molar-refractivity contribution in [2.45, 2.75) is 20.8 Å². The second-order valence-electron chi connectivity index (χ2n) is 4.44. The number of aryl methyl sites for hydroxylation is 2. The van der Waals surface area contributed by atoms with Crippen molar-refractivity contribution >= 4 is 38.6 Å². The topological polar surface area (TPSA) is 17.8 Å². The summed E-state index contributed by atoms with van der Waals surface area (Å²) in [5.74, 6) is 0. The second kappa shape index (κ2) is 4.89. The van der Waals surface area contributed by atoms with E-state index < -0.39 is 0 Å². The highest BCUT2D eigenvalue weighted by Crippen LogP contribution is 2.35. The van der Waals surface area contributed by atoms with Gasteiger partial charge in [0.2, 0.25) is 0 Å². The molecule has 0 aliphatic rings. The fraction of sp³-hybridized carbons (Fsp3) is 0.214. The second-order valence-corrected chi connectivity index (χ2v) is 7.59. The summed E-state index contributed by atoms with van der Waals surface area (Å²) in [5, 5.41) is 5.74. The molecular formula is C14H13BrN2S2. The van der Waals surface area contributed by atoms with Crippen molar-refractivity contribution in [3.8, 4) is 14.8 Å². The number of nitrogens with zero attached hydrogens (tertiary/aromatic N) is 2. The van der Waals surface area contributed by atoms with E-state index in [2.05, 4.69) is 59.1 Å². The third kappa shape index (κ3) is 2.30. The Kier molecular flexibility index (Phi) is 3.37. The summed E-state index contributed by atoms with van der Waals surface area (Å²) < 4.78 is 3.10. The Morgan fingerprint density at radius 1 is 1.00 bits per heavy atom. The lowest BCUT2D eigenvalue weighted by Gasteiger charge is -1.99. The lowest BCUT2D eigenvalue weighted by Crippen LogP contribution is -1.95. The van der Waals surface area contributed by atoms with Crippen molar-refractivity contribution in [3.63, 3.8) is 0 Å². The van der Waals surface area contributed by atoms with Crippen molar-refractivity contribution in [3.05, 3.63) is 45.0 Å². The van der Waals surface area contributed by atoms with E-state index in [-0.39, 0.29) is 0 Å². The Morgan fingerprint density at radius 3 is 2.26 bits per heavy atom. The normalized spacial score (nSPS) is 11.2. The molecule has 0 saturated heterocycles. The van der Waals surface area contributed by atoms with Gasteiger partial charge in [0.05, 0.1) is 15.9 Å². The van der Waals surface area contributed by atoms with Gasteiger partial charge < -0.3 is 0 Å². The molecule has 0 atom stereocenters. The van der Waals surface area contributed by atoms with E-state index in [0.29, 0.717) is 0 Å². The first-order valence-corrected chi connectivity index (χ1v) is 8.37.